The summed E-state index contributed by atoms with van der Waals surface area (Å²) in [6.07, 6.45) is 1.71. The highest BCUT2D eigenvalue weighted by atomic mass is 32.2. The van der Waals surface area contributed by atoms with Gasteiger partial charge in [0.25, 0.3) is 0 Å². The molecule has 0 amide bonds. The zero-order chi connectivity index (χ0) is 17.0. The van der Waals surface area contributed by atoms with Crippen LogP contribution in [0.3, 0.4) is 0 Å². The molecule has 2 saturated heterocycles. The van der Waals surface area contributed by atoms with E-state index >= 15 is 0 Å². The predicted molar refractivity (Wildman–Crippen MR) is 86.8 cm³/mol. The normalized spacial score (nSPS) is 26.4. The Morgan fingerprint density at radius 2 is 1.92 bits per heavy atom. The Balaban J connectivity index is 1.77. The topological polar surface area (TPSA) is 67.9 Å². The number of hydrogen-bond donors (Lipinski definition) is 1. The third kappa shape index (κ3) is 3.78. The first-order valence-electron chi connectivity index (χ1n) is 8.18. The van der Waals surface area contributed by atoms with Gasteiger partial charge in [0.2, 0.25) is 10.0 Å². The summed E-state index contributed by atoms with van der Waals surface area (Å²) < 4.78 is 52.4. The van der Waals surface area contributed by atoms with Gasteiger partial charge in [0, 0.05) is 26.2 Å². The minimum atomic E-state index is -3.91. The summed E-state index contributed by atoms with van der Waals surface area (Å²) in [6.45, 7) is 4.09. The molecule has 3 rings (SSSR count). The summed E-state index contributed by atoms with van der Waals surface area (Å²) in [4.78, 5) is 1.92. The first-order chi connectivity index (χ1) is 11.5. The Labute approximate surface area is 142 Å². The van der Waals surface area contributed by atoms with Crippen molar-refractivity contribution in [3.05, 3.63) is 30.1 Å². The van der Waals surface area contributed by atoms with Crippen LogP contribution in [0.2, 0.25) is 0 Å². The number of sulfonamides is 1. The maximum Gasteiger partial charge on any atom is 0.243 e. The molecular weight excluding hydrogens is 335 g/mol. The third-order valence-corrected chi connectivity index (χ3v) is 6.14. The molecule has 24 heavy (non-hydrogen) atoms. The van der Waals surface area contributed by atoms with Crippen LogP contribution in [0.4, 0.5) is 4.39 Å². The van der Waals surface area contributed by atoms with Crippen LogP contribution in [0, 0.1) is 5.82 Å². The van der Waals surface area contributed by atoms with E-state index in [9.17, 15) is 12.8 Å². The van der Waals surface area contributed by atoms with Gasteiger partial charge in [-0.3, -0.25) is 4.90 Å². The SMILES string of the molecule is O=S(=O)(NCC1(N2CCOCC2)CCCOC1)c1ccccc1F. The number of morpholine rings is 1. The number of benzene rings is 1. The van der Waals surface area contributed by atoms with Gasteiger partial charge in [0.15, 0.2) is 0 Å². The van der Waals surface area contributed by atoms with Crippen LogP contribution in [-0.2, 0) is 19.5 Å². The van der Waals surface area contributed by atoms with Crippen molar-refractivity contribution in [2.24, 2.45) is 0 Å². The Morgan fingerprint density at radius 3 is 2.58 bits per heavy atom. The van der Waals surface area contributed by atoms with Gasteiger partial charge >= 0.3 is 0 Å². The van der Waals surface area contributed by atoms with Gasteiger partial charge in [-0.15, -0.1) is 0 Å². The number of nitrogens with one attached hydrogen (secondary N) is 1. The van der Waals surface area contributed by atoms with E-state index in [-0.39, 0.29) is 11.4 Å². The third-order valence-electron chi connectivity index (χ3n) is 4.70. The number of ether oxygens (including phenoxy) is 2. The molecule has 2 fully saturated rings. The molecule has 1 aromatic rings. The van der Waals surface area contributed by atoms with E-state index in [1.54, 1.807) is 0 Å². The second kappa shape index (κ2) is 7.45. The molecule has 1 N–H and O–H groups in total. The fraction of sp³-hybridized carbons (Fsp3) is 0.625. The van der Waals surface area contributed by atoms with E-state index in [0.717, 1.165) is 32.0 Å². The second-order valence-corrected chi connectivity index (χ2v) is 7.97. The van der Waals surface area contributed by atoms with Gasteiger partial charge in [0.05, 0.1) is 25.4 Å². The van der Waals surface area contributed by atoms with Gasteiger partial charge in [-0.1, -0.05) is 12.1 Å². The lowest BCUT2D eigenvalue weighted by Crippen LogP contribution is -2.62. The highest BCUT2D eigenvalue weighted by molar-refractivity contribution is 7.89. The van der Waals surface area contributed by atoms with Crippen molar-refractivity contribution in [2.75, 3.05) is 46.1 Å². The largest absolute Gasteiger partial charge is 0.379 e. The van der Waals surface area contributed by atoms with Crippen LogP contribution >= 0.6 is 0 Å². The minimum Gasteiger partial charge on any atom is -0.379 e. The maximum absolute atomic E-state index is 13.8. The molecule has 0 aromatic heterocycles. The first kappa shape index (κ1) is 17.8. The molecule has 0 radical (unpaired) electrons. The predicted octanol–water partition coefficient (Wildman–Crippen LogP) is 0.985. The van der Waals surface area contributed by atoms with Gasteiger partial charge < -0.3 is 9.47 Å². The number of halogens is 1. The highest BCUT2D eigenvalue weighted by Gasteiger charge is 2.40. The van der Waals surface area contributed by atoms with Crippen molar-refractivity contribution in [3.8, 4) is 0 Å². The van der Waals surface area contributed by atoms with E-state index in [0.29, 0.717) is 26.4 Å². The summed E-state index contributed by atoms with van der Waals surface area (Å²) in [5, 5.41) is 0. The van der Waals surface area contributed by atoms with E-state index < -0.39 is 21.4 Å². The Bertz CT molecular complexity index is 656. The van der Waals surface area contributed by atoms with E-state index in [2.05, 4.69) is 9.62 Å². The zero-order valence-electron chi connectivity index (χ0n) is 13.5. The molecule has 0 saturated carbocycles. The van der Waals surface area contributed by atoms with Crippen molar-refractivity contribution in [3.63, 3.8) is 0 Å². The smallest absolute Gasteiger partial charge is 0.243 e. The molecule has 134 valence electrons. The van der Waals surface area contributed by atoms with Crippen LogP contribution in [0.1, 0.15) is 12.8 Å². The lowest BCUT2D eigenvalue weighted by atomic mass is 9.90. The molecule has 2 aliphatic rings. The molecule has 0 spiro atoms. The fourth-order valence-corrected chi connectivity index (χ4v) is 4.54. The monoisotopic (exact) mass is 358 g/mol. The minimum absolute atomic E-state index is 0.198. The van der Waals surface area contributed by atoms with Crippen molar-refractivity contribution in [1.82, 2.24) is 9.62 Å². The van der Waals surface area contributed by atoms with Crippen molar-refractivity contribution < 1.29 is 22.3 Å². The van der Waals surface area contributed by atoms with Gasteiger partial charge in [-0.25, -0.2) is 17.5 Å². The molecule has 0 bridgehead atoms. The number of hydrogen-bond acceptors (Lipinski definition) is 5. The maximum atomic E-state index is 13.8. The average Bonchev–Trinajstić information content (AvgIpc) is 2.62. The highest BCUT2D eigenvalue weighted by Crippen LogP contribution is 2.27. The molecule has 2 heterocycles. The van der Waals surface area contributed by atoms with Crippen molar-refractivity contribution >= 4 is 10.0 Å². The standard InChI is InChI=1S/C16H23FN2O4S/c17-14-4-1-2-5-15(14)24(20,21)18-12-16(6-3-9-23-13-16)19-7-10-22-11-8-19/h1-2,4-5,18H,3,6-13H2. The van der Waals surface area contributed by atoms with E-state index in [4.69, 9.17) is 9.47 Å². The molecule has 1 aromatic carbocycles. The fourth-order valence-electron chi connectivity index (χ4n) is 3.35. The van der Waals surface area contributed by atoms with Gasteiger partial charge in [-0.05, 0) is 25.0 Å². The lowest BCUT2D eigenvalue weighted by molar-refractivity contribution is -0.0831. The van der Waals surface area contributed by atoms with Crippen LogP contribution in [0.5, 0.6) is 0 Å². The molecule has 6 nitrogen and oxygen atoms in total. The van der Waals surface area contributed by atoms with Crippen LogP contribution in [0.15, 0.2) is 29.2 Å². The first-order valence-corrected chi connectivity index (χ1v) is 9.67. The van der Waals surface area contributed by atoms with Crippen LogP contribution in [0.25, 0.3) is 0 Å². The summed E-state index contributed by atoms with van der Waals surface area (Å²) in [5.74, 6) is -0.745. The Hall–Kier alpha value is -1.06. The molecule has 2 aliphatic heterocycles. The molecule has 0 aliphatic carbocycles. The second-order valence-electron chi connectivity index (χ2n) is 6.23. The Morgan fingerprint density at radius 1 is 1.17 bits per heavy atom. The van der Waals surface area contributed by atoms with Crippen molar-refractivity contribution in [1.29, 1.82) is 0 Å². The molecular formula is C16H23FN2O4S. The average molecular weight is 358 g/mol. The molecule has 1 atom stereocenters. The quantitative estimate of drug-likeness (QED) is 0.850. The number of rotatable bonds is 5. The van der Waals surface area contributed by atoms with Gasteiger partial charge in [-0.2, -0.15) is 0 Å². The summed E-state index contributed by atoms with van der Waals surface area (Å²) in [6, 6.07) is 5.41. The van der Waals surface area contributed by atoms with Crippen LogP contribution in [-0.4, -0.2) is 64.9 Å². The van der Waals surface area contributed by atoms with Crippen LogP contribution < -0.4 is 4.72 Å². The summed E-state index contributed by atoms with van der Waals surface area (Å²) >= 11 is 0. The van der Waals surface area contributed by atoms with Gasteiger partial charge in [0.1, 0.15) is 10.7 Å². The van der Waals surface area contributed by atoms with E-state index in [1.165, 1.54) is 18.2 Å². The summed E-state index contributed by atoms with van der Waals surface area (Å²) in [5.41, 5.74) is -0.402. The summed E-state index contributed by atoms with van der Waals surface area (Å²) in [7, 11) is -3.91. The number of nitrogens with zero attached hydrogens (tertiary/aromatic N) is 1. The van der Waals surface area contributed by atoms with E-state index in [1.807, 2.05) is 0 Å². The molecule has 8 heteroatoms. The Kier molecular flexibility index (Phi) is 5.51. The van der Waals surface area contributed by atoms with Crippen molar-refractivity contribution in [2.45, 2.75) is 23.3 Å². The zero-order valence-corrected chi connectivity index (χ0v) is 14.4. The lowest BCUT2D eigenvalue weighted by Gasteiger charge is -2.47. The molecule has 1 unspecified atom stereocenters.